The number of nitrogens with one attached hydrogen (secondary N) is 2. The number of piperidine rings is 2. The van der Waals surface area contributed by atoms with Crippen LogP contribution in [0.25, 0.3) is 11.4 Å². The predicted molar refractivity (Wildman–Crippen MR) is 147 cm³/mol. The summed E-state index contributed by atoms with van der Waals surface area (Å²) in [6.45, 7) is 3.41. The molecule has 214 valence electrons. The van der Waals surface area contributed by atoms with Crippen molar-refractivity contribution in [1.29, 1.82) is 5.26 Å². The van der Waals surface area contributed by atoms with Gasteiger partial charge in [0.15, 0.2) is 5.82 Å². The van der Waals surface area contributed by atoms with Crippen molar-refractivity contribution in [1.82, 2.24) is 25.2 Å². The zero-order valence-corrected chi connectivity index (χ0v) is 22.4. The lowest BCUT2D eigenvalue weighted by Gasteiger charge is -2.42. The van der Waals surface area contributed by atoms with Crippen LogP contribution < -0.4 is 20.1 Å². The van der Waals surface area contributed by atoms with Crippen LogP contribution in [0.5, 0.6) is 11.5 Å². The first-order chi connectivity index (χ1) is 20.1. The molecule has 0 unspecified atom stereocenters. The van der Waals surface area contributed by atoms with Crippen LogP contribution in [0.15, 0.2) is 48.8 Å². The molecule has 41 heavy (non-hydrogen) atoms. The summed E-state index contributed by atoms with van der Waals surface area (Å²) in [7, 11) is 0. The van der Waals surface area contributed by atoms with Crippen LogP contribution in [0.4, 0.5) is 20.4 Å². The van der Waals surface area contributed by atoms with E-state index in [0.717, 1.165) is 12.2 Å². The summed E-state index contributed by atoms with van der Waals surface area (Å²) in [6.07, 6.45) is -0.749. The van der Waals surface area contributed by atoms with E-state index in [9.17, 15) is 14.0 Å². The Balaban J connectivity index is 1.08. The van der Waals surface area contributed by atoms with Gasteiger partial charge >= 0.3 is 0 Å². The molecule has 2 N–H and O–H groups in total. The van der Waals surface area contributed by atoms with Crippen molar-refractivity contribution in [3.05, 3.63) is 54.4 Å². The number of hydrogen-bond donors (Lipinski definition) is 2. The monoisotopic (exact) mass is 563 g/mol. The molecular weight excluding hydrogens is 532 g/mol. The normalized spacial score (nSPS) is 25.1. The number of nitrogens with zero attached hydrogens (tertiary/aromatic N) is 5. The Morgan fingerprint density at radius 1 is 1.02 bits per heavy atom. The maximum absolute atomic E-state index is 14.8. The van der Waals surface area contributed by atoms with Gasteiger partial charge in [0.25, 0.3) is 0 Å². The zero-order valence-electron chi connectivity index (χ0n) is 22.4. The van der Waals surface area contributed by atoms with Crippen molar-refractivity contribution in [3.63, 3.8) is 0 Å². The van der Waals surface area contributed by atoms with Crippen molar-refractivity contribution in [2.45, 2.75) is 43.4 Å². The molecule has 0 radical (unpaired) electrons. The Hall–Kier alpha value is -3.92. The Kier molecular flexibility index (Phi) is 8.18. The van der Waals surface area contributed by atoms with Crippen LogP contribution in [0.2, 0.25) is 0 Å². The zero-order chi connectivity index (χ0) is 28.2. The van der Waals surface area contributed by atoms with E-state index in [2.05, 4.69) is 36.6 Å². The molecule has 2 aromatic carbocycles. The highest BCUT2D eigenvalue weighted by atomic mass is 19.1. The van der Waals surface area contributed by atoms with Gasteiger partial charge in [-0.1, -0.05) is 0 Å². The number of anilines is 2. The lowest BCUT2D eigenvalue weighted by molar-refractivity contribution is -0.0927. The molecule has 0 spiro atoms. The van der Waals surface area contributed by atoms with Gasteiger partial charge in [0.1, 0.15) is 48.4 Å². The first kappa shape index (κ1) is 27.3. The van der Waals surface area contributed by atoms with Gasteiger partial charge in [-0.05, 0) is 61.9 Å². The average Bonchev–Trinajstić information content (AvgIpc) is 2.96. The molecule has 0 saturated carbocycles. The number of rotatable bonds is 8. The Morgan fingerprint density at radius 3 is 2.59 bits per heavy atom. The SMILES string of the molecule is N#Cc1cc(-c2ncnc(Nc3ccc(O[C@H]4CCN(C5COC5)C[C@@H]4F)cc3)n2)ccc1O[C@H]1CCNC[C@@H]1F. The van der Waals surface area contributed by atoms with E-state index >= 15 is 0 Å². The highest BCUT2D eigenvalue weighted by molar-refractivity contribution is 5.63. The second-order valence-corrected chi connectivity index (χ2v) is 10.4. The van der Waals surface area contributed by atoms with E-state index in [4.69, 9.17) is 14.2 Å². The Bertz CT molecular complexity index is 1390. The third-order valence-electron chi connectivity index (χ3n) is 7.60. The highest BCUT2D eigenvalue weighted by Crippen LogP contribution is 2.29. The number of alkyl halides is 2. The smallest absolute Gasteiger partial charge is 0.230 e. The van der Waals surface area contributed by atoms with Gasteiger partial charge in [-0.15, -0.1) is 0 Å². The number of benzene rings is 2. The Labute approximate surface area is 236 Å². The predicted octanol–water partition coefficient (Wildman–Crippen LogP) is 3.42. The molecule has 1 aromatic heterocycles. The molecule has 4 heterocycles. The summed E-state index contributed by atoms with van der Waals surface area (Å²) in [5, 5.41) is 15.8. The van der Waals surface area contributed by atoms with Crippen molar-refractivity contribution < 1.29 is 23.0 Å². The first-order valence-corrected chi connectivity index (χ1v) is 13.8. The van der Waals surface area contributed by atoms with Crippen molar-refractivity contribution in [2.24, 2.45) is 0 Å². The fourth-order valence-electron chi connectivity index (χ4n) is 5.17. The number of hydrogen-bond acceptors (Lipinski definition) is 10. The summed E-state index contributed by atoms with van der Waals surface area (Å²) < 4.78 is 46.0. The summed E-state index contributed by atoms with van der Waals surface area (Å²) >= 11 is 0. The molecule has 3 saturated heterocycles. The number of nitriles is 1. The van der Waals surface area contributed by atoms with Gasteiger partial charge in [-0.2, -0.15) is 10.2 Å². The van der Waals surface area contributed by atoms with Crippen molar-refractivity contribution >= 4 is 11.6 Å². The van der Waals surface area contributed by atoms with Gasteiger partial charge in [-0.25, -0.2) is 18.7 Å². The molecule has 3 aliphatic rings. The highest BCUT2D eigenvalue weighted by Gasteiger charge is 2.36. The van der Waals surface area contributed by atoms with E-state index in [1.807, 2.05) is 12.1 Å². The van der Waals surface area contributed by atoms with Gasteiger partial charge in [-0.3, -0.25) is 4.90 Å². The van der Waals surface area contributed by atoms with Crippen LogP contribution in [-0.2, 0) is 4.74 Å². The van der Waals surface area contributed by atoms with Crippen LogP contribution >= 0.6 is 0 Å². The second-order valence-electron chi connectivity index (χ2n) is 10.4. The van der Waals surface area contributed by atoms with Gasteiger partial charge < -0.3 is 24.8 Å². The molecule has 4 atom stereocenters. The van der Waals surface area contributed by atoms with Crippen molar-refractivity contribution in [3.8, 4) is 29.0 Å². The molecule has 0 amide bonds. The summed E-state index contributed by atoms with van der Waals surface area (Å²) in [5.41, 5.74) is 1.59. The van der Waals surface area contributed by atoms with Crippen molar-refractivity contribution in [2.75, 3.05) is 44.7 Å². The molecule has 10 nitrogen and oxygen atoms in total. The lowest BCUT2D eigenvalue weighted by atomic mass is 10.0. The van der Waals surface area contributed by atoms with E-state index in [0.29, 0.717) is 74.0 Å². The van der Waals surface area contributed by atoms with Gasteiger partial charge in [0.2, 0.25) is 5.95 Å². The quantitative estimate of drug-likeness (QED) is 0.422. The standard InChI is InChI=1S/C29H31F2N7O3/c30-23-13-33-9-7-26(23)41-25-6-1-18(11-19(25)12-32)28-34-17-35-29(37-28)36-20-2-4-22(5-3-20)40-27-8-10-38(14-24(27)31)21-15-39-16-21/h1-6,11,17,21,23-24,26-27,33H,7-10,13-16H2,(H,34,35,36,37)/t23-,24-,26-,27-/m0/s1. The third-order valence-corrected chi connectivity index (χ3v) is 7.60. The minimum Gasteiger partial charge on any atom is -0.487 e. The van der Waals surface area contributed by atoms with Gasteiger partial charge in [0, 0.05) is 30.9 Å². The number of likely N-dealkylation sites (tertiary alicyclic amines) is 1. The minimum atomic E-state index is -1.14. The minimum absolute atomic E-state index is 0.231. The molecule has 12 heteroatoms. The van der Waals surface area contributed by atoms with Crippen LogP contribution in [0, 0.1) is 11.3 Å². The second kappa shape index (κ2) is 12.3. The number of aromatic nitrogens is 3. The molecule has 6 rings (SSSR count). The molecular formula is C29H31F2N7O3. The lowest BCUT2D eigenvalue weighted by Crippen LogP contribution is -2.56. The number of halogens is 2. The molecule has 3 aliphatic heterocycles. The summed E-state index contributed by atoms with van der Waals surface area (Å²) in [5.74, 6) is 1.60. The van der Waals surface area contributed by atoms with E-state index in [1.165, 1.54) is 6.33 Å². The fraction of sp³-hybridized carbons (Fsp3) is 0.448. The van der Waals surface area contributed by atoms with E-state index in [1.54, 1.807) is 30.3 Å². The van der Waals surface area contributed by atoms with E-state index < -0.39 is 24.6 Å². The summed E-state index contributed by atoms with van der Waals surface area (Å²) in [4.78, 5) is 15.1. The van der Waals surface area contributed by atoms with E-state index in [-0.39, 0.29) is 12.1 Å². The topological polar surface area (TPSA) is 117 Å². The van der Waals surface area contributed by atoms with Crippen LogP contribution in [-0.4, -0.2) is 89.8 Å². The third kappa shape index (κ3) is 6.37. The van der Waals surface area contributed by atoms with Gasteiger partial charge in [0.05, 0.1) is 24.8 Å². The van der Waals surface area contributed by atoms with Crippen LogP contribution in [0.3, 0.4) is 0 Å². The maximum Gasteiger partial charge on any atom is 0.230 e. The largest absolute Gasteiger partial charge is 0.487 e. The fourth-order valence-corrected chi connectivity index (χ4v) is 5.17. The molecule has 3 aromatic rings. The first-order valence-electron chi connectivity index (χ1n) is 13.8. The Morgan fingerprint density at radius 2 is 1.85 bits per heavy atom. The number of ether oxygens (including phenoxy) is 3. The molecule has 0 aliphatic carbocycles. The van der Waals surface area contributed by atoms with Crippen LogP contribution in [0.1, 0.15) is 18.4 Å². The summed E-state index contributed by atoms with van der Waals surface area (Å²) in [6, 6.07) is 14.6. The maximum atomic E-state index is 14.8. The average molecular weight is 564 g/mol. The molecule has 0 bridgehead atoms. The molecule has 3 fully saturated rings.